The Kier molecular flexibility index (Phi) is 10.7. The van der Waals surface area contributed by atoms with Crippen molar-refractivity contribution in [3.8, 4) is 5.75 Å². The van der Waals surface area contributed by atoms with E-state index in [-0.39, 0.29) is 37.4 Å². The number of nitrogens with zero attached hydrogens (tertiary/aromatic N) is 5. The first-order valence-electron chi connectivity index (χ1n) is 13.6. The third-order valence-corrected chi connectivity index (χ3v) is 7.53. The largest absolute Gasteiger partial charge is 0.667 e. The average molecular weight is 607 g/mol. The predicted octanol–water partition coefficient (Wildman–Crippen LogP) is 2.96. The van der Waals surface area contributed by atoms with E-state index >= 15 is 0 Å². The molecule has 0 aliphatic heterocycles. The number of nitrogens with one attached hydrogen (secondary N) is 2. The standard InChI is InChI=1S/C28H32N9O5P/c1-3-41-27(39)18(2)37(43(40)42-22-7-5-4-6-8-22)16-15-32-26(38)19-9-11-20(12-10-19)31-14-13-21-17-33-25-23(34-21)24(29)35-28(30)36-25/h4-12,17-18H,3,13-16H2,1-2H3,(H5-,29,30,31,32,33,35,36,38)/p+1. The third-order valence-electron chi connectivity index (χ3n) is 6.20. The molecule has 2 aromatic heterocycles. The number of amides is 1. The van der Waals surface area contributed by atoms with Crippen molar-refractivity contribution >= 4 is 48.7 Å². The van der Waals surface area contributed by atoms with Gasteiger partial charge in [0.15, 0.2) is 28.8 Å². The minimum absolute atomic E-state index is 0.0433. The second kappa shape index (κ2) is 14.8. The van der Waals surface area contributed by atoms with E-state index in [1.807, 2.05) is 6.07 Å². The molecule has 2 aromatic carbocycles. The highest BCUT2D eigenvalue weighted by atomic mass is 31.1. The second-order valence-corrected chi connectivity index (χ2v) is 10.4. The zero-order chi connectivity index (χ0) is 30.8. The van der Waals surface area contributed by atoms with Crippen LogP contribution in [0.3, 0.4) is 0 Å². The Hall–Kier alpha value is -4.94. The van der Waals surface area contributed by atoms with Crippen molar-refractivity contribution in [3.05, 3.63) is 72.1 Å². The van der Waals surface area contributed by atoms with Crippen LogP contribution in [0.2, 0.25) is 0 Å². The molecule has 0 fully saturated rings. The van der Waals surface area contributed by atoms with Crippen molar-refractivity contribution in [1.82, 2.24) is 29.9 Å². The lowest BCUT2D eigenvalue weighted by Crippen LogP contribution is -2.40. The summed E-state index contributed by atoms with van der Waals surface area (Å²) in [5.41, 5.74) is 14.2. The van der Waals surface area contributed by atoms with Crippen LogP contribution in [0.25, 0.3) is 11.2 Å². The zero-order valence-corrected chi connectivity index (χ0v) is 24.7. The summed E-state index contributed by atoms with van der Waals surface area (Å²) in [6, 6.07) is 14.8. The van der Waals surface area contributed by atoms with Gasteiger partial charge in [-0.2, -0.15) is 9.97 Å². The first-order chi connectivity index (χ1) is 20.7. The van der Waals surface area contributed by atoms with Gasteiger partial charge in [0.05, 0.1) is 25.0 Å². The van der Waals surface area contributed by atoms with Crippen LogP contribution in [-0.4, -0.2) is 68.8 Å². The average Bonchev–Trinajstić information content (AvgIpc) is 3.00. The van der Waals surface area contributed by atoms with Crippen LogP contribution in [0.1, 0.15) is 29.9 Å². The number of hydrogen-bond acceptors (Lipinski definition) is 12. The van der Waals surface area contributed by atoms with Crippen LogP contribution < -0.4 is 26.6 Å². The van der Waals surface area contributed by atoms with Gasteiger partial charge in [-0.05, 0) is 54.9 Å². The van der Waals surface area contributed by atoms with Crippen molar-refractivity contribution in [1.29, 1.82) is 0 Å². The van der Waals surface area contributed by atoms with Gasteiger partial charge in [0.2, 0.25) is 5.95 Å². The van der Waals surface area contributed by atoms with Crippen LogP contribution in [0.15, 0.2) is 60.8 Å². The van der Waals surface area contributed by atoms with Crippen molar-refractivity contribution in [3.63, 3.8) is 0 Å². The lowest BCUT2D eigenvalue weighted by atomic mass is 10.2. The molecule has 0 aliphatic carbocycles. The first-order valence-corrected chi connectivity index (χ1v) is 14.7. The molecule has 0 saturated carbocycles. The molecule has 14 nitrogen and oxygen atoms in total. The summed E-state index contributed by atoms with van der Waals surface area (Å²) < 4.78 is 25.0. The maximum Gasteiger partial charge on any atom is 0.667 e. The molecule has 224 valence electrons. The molecule has 4 aromatic rings. The Bertz CT molecular complexity index is 1570. The van der Waals surface area contributed by atoms with E-state index in [0.717, 1.165) is 5.69 Å². The number of aromatic nitrogens is 4. The molecule has 2 unspecified atom stereocenters. The third kappa shape index (κ3) is 8.53. The van der Waals surface area contributed by atoms with Crippen LogP contribution >= 0.6 is 8.18 Å². The highest BCUT2D eigenvalue weighted by Gasteiger charge is 2.40. The van der Waals surface area contributed by atoms with E-state index in [9.17, 15) is 14.2 Å². The highest BCUT2D eigenvalue weighted by Crippen LogP contribution is 2.33. The fourth-order valence-corrected chi connectivity index (χ4v) is 5.04. The molecule has 0 spiro atoms. The summed E-state index contributed by atoms with van der Waals surface area (Å²) in [5, 5.41) is 6.08. The topological polar surface area (TPSA) is 201 Å². The van der Waals surface area contributed by atoms with E-state index in [1.54, 1.807) is 68.6 Å². The Morgan fingerprint density at radius 1 is 1.02 bits per heavy atom. The summed E-state index contributed by atoms with van der Waals surface area (Å²) in [6.07, 6.45) is 2.17. The molecule has 6 N–H and O–H groups in total. The molecule has 0 saturated heterocycles. The number of rotatable bonds is 14. The van der Waals surface area contributed by atoms with Gasteiger partial charge < -0.3 is 26.8 Å². The summed E-state index contributed by atoms with van der Waals surface area (Å²) in [7, 11) is -2.43. The van der Waals surface area contributed by atoms with Gasteiger partial charge in [0, 0.05) is 35.3 Å². The molecule has 0 bridgehead atoms. The fourth-order valence-electron chi connectivity index (χ4n) is 3.99. The van der Waals surface area contributed by atoms with Crippen LogP contribution in [0, 0.1) is 0 Å². The number of benzene rings is 2. The summed E-state index contributed by atoms with van der Waals surface area (Å²) >= 11 is 0. The van der Waals surface area contributed by atoms with E-state index < -0.39 is 20.2 Å². The van der Waals surface area contributed by atoms with E-state index in [4.69, 9.17) is 20.7 Å². The number of anilines is 3. The molecule has 1 amide bonds. The molecular weight excluding hydrogens is 573 g/mol. The maximum absolute atomic E-state index is 13.0. The van der Waals surface area contributed by atoms with Gasteiger partial charge in [-0.1, -0.05) is 18.2 Å². The molecule has 0 radical (unpaired) electrons. The quantitative estimate of drug-likeness (QED) is 0.121. The smallest absolute Gasteiger partial charge is 0.465 e. The normalized spacial score (nSPS) is 12.0. The van der Waals surface area contributed by atoms with Crippen LogP contribution in [0.5, 0.6) is 5.75 Å². The molecule has 2 atom stereocenters. The number of nitrogens with two attached hydrogens (primary N) is 2. The lowest BCUT2D eigenvalue weighted by molar-refractivity contribution is -0.147. The van der Waals surface area contributed by atoms with Gasteiger partial charge in [-0.25, -0.2) is 14.5 Å². The number of nitrogen functional groups attached to an aromatic ring is 2. The fraction of sp³-hybridized carbons (Fsp3) is 0.286. The summed E-state index contributed by atoms with van der Waals surface area (Å²) in [6.45, 7) is 4.23. The molecule has 2 heterocycles. The van der Waals surface area contributed by atoms with E-state index in [0.29, 0.717) is 41.1 Å². The van der Waals surface area contributed by atoms with Gasteiger partial charge in [0.25, 0.3) is 5.91 Å². The number of carbonyl (C=O) groups excluding carboxylic acids is 2. The number of carbonyl (C=O) groups is 2. The molecule has 15 heteroatoms. The summed E-state index contributed by atoms with van der Waals surface area (Å²) in [4.78, 5) is 41.8. The van der Waals surface area contributed by atoms with E-state index in [1.165, 1.54) is 4.67 Å². The van der Waals surface area contributed by atoms with Gasteiger partial charge >= 0.3 is 14.1 Å². The Morgan fingerprint density at radius 2 is 1.77 bits per heavy atom. The second-order valence-electron chi connectivity index (χ2n) is 9.24. The van der Waals surface area contributed by atoms with Crippen LogP contribution in [0.4, 0.5) is 17.5 Å². The maximum atomic E-state index is 13.0. The highest BCUT2D eigenvalue weighted by molar-refractivity contribution is 7.36. The number of hydrogen-bond donors (Lipinski definition) is 4. The van der Waals surface area contributed by atoms with Crippen molar-refractivity contribution in [2.24, 2.45) is 0 Å². The number of para-hydroxylation sites is 1. The van der Waals surface area contributed by atoms with Crippen molar-refractivity contribution in [2.75, 3.05) is 43.0 Å². The molecule has 0 aliphatic rings. The first kappa shape index (κ1) is 31.0. The minimum Gasteiger partial charge on any atom is -0.465 e. The van der Waals surface area contributed by atoms with Crippen molar-refractivity contribution < 1.29 is 23.4 Å². The predicted molar refractivity (Wildman–Crippen MR) is 162 cm³/mol. The SMILES string of the molecule is CCOC(=O)C(C)N(CCNC(=O)c1ccc(NCCc2cnc3nc(N)nc(N)c3n2)cc1)[P+](=O)Oc1ccccc1. The van der Waals surface area contributed by atoms with Crippen LogP contribution in [-0.2, 0) is 20.5 Å². The van der Waals surface area contributed by atoms with E-state index in [2.05, 4.69) is 30.6 Å². The molecule has 43 heavy (non-hydrogen) atoms. The van der Waals surface area contributed by atoms with Crippen molar-refractivity contribution in [2.45, 2.75) is 26.3 Å². The minimum atomic E-state index is -2.43. The van der Waals surface area contributed by atoms with Gasteiger partial charge in [-0.3, -0.25) is 9.59 Å². The number of ether oxygens (including phenoxy) is 1. The molecular formula is C28H33N9O5P+. The van der Waals surface area contributed by atoms with Gasteiger partial charge in [-0.15, -0.1) is 0 Å². The molecule has 4 rings (SSSR count). The lowest BCUT2D eigenvalue weighted by Gasteiger charge is -2.17. The Balaban J connectivity index is 1.28. The summed E-state index contributed by atoms with van der Waals surface area (Å²) in [5.74, 6) is -0.234. The monoisotopic (exact) mass is 606 g/mol. The zero-order valence-electron chi connectivity index (χ0n) is 23.8. The van der Waals surface area contributed by atoms with Gasteiger partial charge in [0.1, 0.15) is 0 Å². The number of fused-ring (bicyclic) bond motifs is 1. The Morgan fingerprint density at radius 3 is 2.49 bits per heavy atom. The number of esters is 1. The Labute approximate surface area is 249 Å².